The third-order valence-corrected chi connectivity index (χ3v) is 2.54. The maximum absolute atomic E-state index is 11.1. The predicted molar refractivity (Wildman–Crippen MR) is 56.0 cm³/mol. The van der Waals surface area contributed by atoms with Crippen LogP contribution in [0.5, 0.6) is 0 Å². The van der Waals surface area contributed by atoms with Crippen LogP contribution >= 0.6 is 0 Å². The Morgan fingerprint density at radius 1 is 1.43 bits per heavy atom. The Labute approximate surface area is 84.3 Å². The van der Waals surface area contributed by atoms with Crippen molar-refractivity contribution in [2.75, 3.05) is 0 Å². The number of aromatic nitrogens is 1. The molecule has 1 amide bonds. The van der Waals surface area contributed by atoms with Crippen molar-refractivity contribution < 1.29 is 4.79 Å². The zero-order valence-electron chi connectivity index (χ0n) is 8.82. The predicted octanol–water partition coefficient (Wildman–Crippen LogP) is 1.94. The minimum atomic E-state index is -0.402. The molecule has 14 heavy (non-hydrogen) atoms. The molecule has 0 unspecified atom stereocenters. The Morgan fingerprint density at radius 2 is 2.07 bits per heavy atom. The Balaban J connectivity index is 3.13. The summed E-state index contributed by atoms with van der Waals surface area (Å²) < 4.78 is 0. The van der Waals surface area contributed by atoms with Crippen molar-refractivity contribution in [3.05, 3.63) is 29.6 Å². The van der Waals surface area contributed by atoms with E-state index in [0.717, 1.165) is 5.69 Å². The lowest BCUT2D eigenvalue weighted by Gasteiger charge is -2.16. The van der Waals surface area contributed by atoms with Gasteiger partial charge in [-0.3, -0.25) is 9.78 Å². The largest absolute Gasteiger partial charge is 0.366 e. The maximum Gasteiger partial charge on any atom is 0.250 e. The highest BCUT2D eigenvalue weighted by molar-refractivity contribution is 5.93. The highest BCUT2D eigenvalue weighted by atomic mass is 16.1. The van der Waals surface area contributed by atoms with E-state index in [2.05, 4.69) is 25.8 Å². The summed E-state index contributed by atoms with van der Waals surface area (Å²) in [7, 11) is 0. The average Bonchev–Trinajstić information content (AvgIpc) is 2.16. The van der Waals surface area contributed by atoms with Crippen LogP contribution in [0.1, 0.15) is 42.7 Å². The molecule has 0 bridgehead atoms. The minimum Gasteiger partial charge on any atom is -0.366 e. The fraction of sp³-hybridized carbons (Fsp3) is 0.455. The molecule has 0 spiro atoms. The molecule has 0 saturated carbocycles. The second-order valence-electron chi connectivity index (χ2n) is 3.83. The molecule has 2 N–H and O–H groups in total. The van der Waals surface area contributed by atoms with Gasteiger partial charge >= 0.3 is 0 Å². The van der Waals surface area contributed by atoms with Crippen molar-refractivity contribution in [3.63, 3.8) is 0 Å². The summed E-state index contributed by atoms with van der Waals surface area (Å²) in [6, 6.07) is 3.46. The zero-order valence-corrected chi connectivity index (χ0v) is 8.82. The summed E-state index contributed by atoms with van der Waals surface area (Å²) in [6.45, 7) is 6.26. The lowest BCUT2D eigenvalue weighted by molar-refractivity contribution is 0.0998. The van der Waals surface area contributed by atoms with Crippen LogP contribution < -0.4 is 5.73 Å². The molecule has 1 atom stereocenters. The molecule has 3 nitrogen and oxygen atoms in total. The van der Waals surface area contributed by atoms with Crippen LogP contribution in [0.4, 0.5) is 0 Å². The van der Waals surface area contributed by atoms with Crippen molar-refractivity contribution in [3.8, 4) is 0 Å². The first-order valence-electron chi connectivity index (χ1n) is 4.78. The second-order valence-corrected chi connectivity index (χ2v) is 3.83. The van der Waals surface area contributed by atoms with Crippen LogP contribution in [0.25, 0.3) is 0 Å². The van der Waals surface area contributed by atoms with Gasteiger partial charge in [-0.15, -0.1) is 0 Å². The van der Waals surface area contributed by atoms with E-state index >= 15 is 0 Å². The van der Waals surface area contributed by atoms with Crippen molar-refractivity contribution in [2.24, 2.45) is 11.7 Å². The molecule has 0 aliphatic rings. The van der Waals surface area contributed by atoms with E-state index in [-0.39, 0.29) is 5.92 Å². The van der Waals surface area contributed by atoms with Gasteiger partial charge in [-0.25, -0.2) is 0 Å². The number of hydrogen-bond acceptors (Lipinski definition) is 2. The van der Waals surface area contributed by atoms with E-state index in [1.807, 2.05) is 0 Å². The number of carbonyl (C=O) groups excluding carboxylic acids is 1. The number of primary amides is 1. The fourth-order valence-electron chi connectivity index (χ4n) is 1.30. The highest BCUT2D eigenvalue weighted by Crippen LogP contribution is 2.24. The first-order chi connectivity index (χ1) is 6.54. The van der Waals surface area contributed by atoms with Gasteiger partial charge in [-0.1, -0.05) is 20.8 Å². The number of amides is 1. The van der Waals surface area contributed by atoms with E-state index in [9.17, 15) is 4.79 Å². The molecule has 1 aromatic rings. The van der Waals surface area contributed by atoms with Gasteiger partial charge in [-0.2, -0.15) is 0 Å². The summed E-state index contributed by atoms with van der Waals surface area (Å²) in [6.07, 6.45) is 1.70. The van der Waals surface area contributed by atoms with E-state index in [1.54, 1.807) is 18.3 Å². The molecule has 1 heterocycles. The lowest BCUT2D eigenvalue weighted by atomic mass is 9.91. The fourth-order valence-corrected chi connectivity index (χ4v) is 1.30. The van der Waals surface area contributed by atoms with Gasteiger partial charge in [0.1, 0.15) is 0 Å². The van der Waals surface area contributed by atoms with Gasteiger partial charge in [0.25, 0.3) is 5.91 Å². The highest BCUT2D eigenvalue weighted by Gasteiger charge is 2.17. The van der Waals surface area contributed by atoms with Crippen molar-refractivity contribution in [1.82, 2.24) is 4.98 Å². The Hall–Kier alpha value is -1.38. The average molecular weight is 192 g/mol. The van der Waals surface area contributed by atoms with Gasteiger partial charge in [0.05, 0.1) is 11.3 Å². The molecular formula is C11H16N2O. The molecule has 76 valence electrons. The molecular weight excluding hydrogens is 176 g/mol. The van der Waals surface area contributed by atoms with E-state index in [4.69, 9.17) is 5.73 Å². The monoisotopic (exact) mass is 192 g/mol. The maximum atomic E-state index is 11.1. The van der Waals surface area contributed by atoms with Crippen LogP contribution in [0.15, 0.2) is 18.3 Å². The minimum absolute atomic E-state index is 0.249. The van der Waals surface area contributed by atoms with Crippen LogP contribution in [0.3, 0.4) is 0 Å². The van der Waals surface area contributed by atoms with Gasteiger partial charge in [-0.05, 0) is 18.1 Å². The second kappa shape index (κ2) is 4.22. The first kappa shape index (κ1) is 10.7. The van der Waals surface area contributed by atoms with Gasteiger partial charge in [0, 0.05) is 12.1 Å². The van der Waals surface area contributed by atoms with Crippen LogP contribution in [-0.2, 0) is 0 Å². The number of pyridine rings is 1. The van der Waals surface area contributed by atoms with Crippen molar-refractivity contribution in [1.29, 1.82) is 0 Å². The molecule has 3 heteroatoms. The molecule has 0 aliphatic heterocycles. The Kier molecular flexibility index (Phi) is 3.23. The van der Waals surface area contributed by atoms with Crippen LogP contribution in [-0.4, -0.2) is 10.9 Å². The number of hydrogen-bond donors (Lipinski definition) is 1. The van der Waals surface area contributed by atoms with E-state index in [1.165, 1.54) is 0 Å². The van der Waals surface area contributed by atoms with Crippen molar-refractivity contribution >= 4 is 5.91 Å². The molecule has 0 radical (unpaired) electrons. The van der Waals surface area contributed by atoms with E-state index in [0.29, 0.717) is 11.5 Å². The Bertz CT molecular complexity index is 334. The normalized spacial score (nSPS) is 12.9. The topological polar surface area (TPSA) is 56.0 Å². The molecule has 0 aliphatic carbocycles. The number of nitrogens with two attached hydrogens (primary N) is 1. The lowest BCUT2D eigenvalue weighted by Crippen LogP contribution is -2.17. The number of nitrogens with zero attached hydrogens (tertiary/aromatic N) is 1. The summed E-state index contributed by atoms with van der Waals surface area (Å²) in [5, 5.41) is 0. The third kappa shape index (κ3) is 2.10. The van der Waals surface area contributed by atoms with Gasteiger partial charge in [0.2, 0.25) is 0 Å². The van der Waals surface area contributed by atoms with Gasteiger partial charge < -0.3 is 5.73 Å². The molecule has 0 fully saturated rings. The quantitative estimate of drug-likeness (QED) is 0.795. The summed E-state index contributed by atoms with van der Waals surface area (Å²) in [5.74, 6) is 0.294. The number of rotatable bonds is 3. The van der Waals surface area contributed by atoms with Crippen LogP contribution in [0, 0.1) is 5.92 Å². The molecule has 0 saturated heterocycles. The SMILES string of the molecule is CC(C)[C@@H](C)c1ncccc1C(N)=O. The van der Waals surface area contributed by atoms with Gasteiger partial charge in [0.15, 0.2) is 0 Å². The summed E-state index contributed by atoms with van der Waals surface area (Å²) in [4.78, 5) is 15.4. The smallest absolute Gasteiger partial charge is 0.250 e. The third-order valence-electron chi connectivity index (χ3n) is 2.54. The van der Waals surface area contributed by atoms with Crippen molar-refractivity contribution in [2.45, 2.75) is 26.7 Å². The first-order valence-corrected chi connectivity index (χ1v) is 4.78. The number of carbonyl (C=O) groups is 1. The molecule has 1 aromatic heterocycles. The van der Waals surface area contributed by atoms with E-state index < -0.39 is 5.91 Å². The standard InChI is InChI=1S/C11H16N2O/c1-7(2)8(3)10-9(11(12)14)5-4-6-13-10/h4-8H,1-3H3,(H2,12,14)/t8-/m1/s1. The zero-order chi connectivity index (χ0) is 10.7. The summed E-state index contributed by atoms with van der Waals surface area (Å²) in [5.41, 5.74) is 6.61. The molecule has 0 aromatic carbocycles. The summed E-state index contributed by atoms with van der Waals surface area (Å²) >= 11 is 0. The Morgan fingerprint density at radius 3 is 2.57 bits per heavy atom. The van der Waals surface area contributed by atoms with Crippen LogP contribution in [0.2, 0.25) is 0 Å². The molecule has 1 rings (SSSR count).